The van der Waals surface area contributed by atoms with E-state index in [4.69, 9.17) is 4.55 Å². The number of hydrogen-bond donors (Lipinski definition) is 1. The van der Waals surface area contributed by atoms with Gasteiger partial charge in [-0.25, -0.2) is 9.37 Å². The van der Waals surface area contributed by atoms with Gasteiger partial charge in [0.1, 0.15) is 10.6 Å². The first kappa shape index (κ1) is 16.2. The maximum atomic E-state index is 14.2. The van der Waals surface area contributed by atoms with Gasteiger partial charge in [0.25, 0.3) is 10.1 Å². The van der Waals surface area contributed by atoms with Gasteiger partial charge in [-0.3, -0.25) is 4.55 Å². The van der Waals surface area contributed by atoms with Crippen LogP contribution in [0.4, 0.5) is 17.6 Å². The van der Waals surface area contributed by atoms with Crippen molar-refractivity contribution in [2.75, 3.05) is 0 Å². The van der Waals surface area contributed by atoms with E-state index in [1.807, 2.05) is 0 Å². The number of aromatic nitrogens is 1. The molecule has 1 N–H and O–H groups in total. The fourth-order valence-electron chi connectivity index (χ4n) is 2.50. The Bertz CT molecular complexity index is 637. The molecule has 1 heterocycles. The van der Waals surface area contributed by atoms with Crippen molar-refractivity contribution in [3.8, 4) is 0 Å². The van der Waals surface area contributed by atoms with Crippen LogP contribution in [0.15, 0.2) is 11.0 Å². The molecule has 0 unspecified atom stereocenters. The van der Waals surface area contributed by atoms with Gasteiger partial charge >= 0.3 is 6.18 Å². The highest BCUT2D eigenvalue weighted by Gasteiger charge is 2.37. The molecule has 0 saturated heterocycles. The summed E-state index contributed by atoms with van der Waals surface area (Å²) in [6, 6.07) is 0.0248. The number of nitrogens with zero attached hydrogens (tertiary/aromatic N) is 1. The third-order valence-corrected chi connectivity index (χ3v) is 4.36. The molecule has 1 aromatic rings. The standard InChI is InChI=1S/C12H13F4NO3S/c13-10-8(21(18,19)20)6-9(12(14,15)16)17-11(10)7-4-2-1-3-5-7/h6-7H,1-5H2,(H,18,19,20). The van der Waals surface area contributed by atoms with E-state index in [2.05, 4.69) is 4.98 Å². The van der Waals surface area contributed by atoms with Crippen LogP contribution in [0.1, 0.15) is 49.4 Å². The summed E-state index contributed by atoms with van der Waals surface area (Å²) >= 11 is 0. The third kappa shape index (κ3) is 3.52. The summed E-state index contributed by atoms with van der Waals surface area (Å²) in [5, 5.41) is 0. The lowest BCUT2D eigenvalue weighted by molar-refractivity contribution is -0.141. The molecule has 0 spiro atoms. The Morgan fingerprint density at radius 1 is 1.19 bits per heavy atom. The van der Waals surface area contributed by atoms with E-state index < -0.39 is 44.3 Å². The van der Waals surface area contributed by atoms with E-state index in [9.17, 15) is 26.0 Å². The second-order valence-corrected chi connectivity index (χ2v) is 6.40. The molecule has 1 fully saturated rings. The third-order valence-electron chi connectivity index (χ3n) is 3.51. The van der Waals surface area contributed by atoms with Gasteiger partial charge in [0.15, 0.2) is 5.82 Å². The molecule has 0 atom stereocenters. The molecule has 1 aromatic heterocycles. The highest BCUT2D eigenvalue weighted by atomic mass is 32.2. The second-order valence-electron chi connectivity index (χ2n) is 5.01. The van der Waals surface area contributed by atoms with Crippen molar-refractivity contribution in [1.29, 1.82) is 0 Å². The number of rotatable bonds is 2. The highest BCUT2D eigenvalue weighted by molar-refractivity contribution is 7.85. The maximum absolute atomic E-state index is 14.2. The van der Waals surface area contributed by atoms with Crippen LogP contribution >= 0.6 is 0 Å². The molecule has 4 nitrogen and oxygen atoms in total. The Kier molecular flexibility index (Phi) is 4.25. The normalized spacial score (nSPS) is 18.0. The van der Waals surface area contributed by atoms with Crippen molar-refractivity contribution in [1.82, 2.24) is 4.98 Å². The van der Waals surface area contributed by atoms with E-state index in [0.717, 1.165) is 6.42 Å². The van der Waals surface area contributed by atoms with E-state index >= 15 is 0 Å². The predicted molar refractivity (Wildman–Crippen MR) is 64.8 cm³/mol. The molecular formula is C12H13F4NO3S. The Morgan fingerprint density at radius 2 is 1.76 bits per heavy atom. The molecule has 2 rings (SSSR count). The number of halogens is 4. The maximum Gasteiger partial charge on any atom is 0.433 e. The van der Waals surface area contributed by atoms with Gasteiger partial charge in [-0.1, -0.05) is 19.3 Å². The van der Waals surface area contributed by atoms with E-state index in [0.29, 0.717) is 25.7 Å². The van der Waals surface area contributed by atoms with Crippen LogP contribution in [0.2, 0.25) is 0 Å². The number of alkyl halides is 3. The average Bonchev–Trinajstić information content (AvgIpc) is 2.37. The molecule has 0 bridgehead atoms. The molecule has 0 amide bonds. The van der Waals surface area contributed by atoms with Gasteiger partial charge in [0, 0.05) is 5.92 Å². The molecule has 0 aromatic carbocycles. The summed E-state index contributed by atoms with van der Waals surface area (Å²) in [5.74, 6) is -1.96. The van der Waals surface area contributed by atoms with Crippen molar-refractivity contribution < 1.29 is 30.5 Å². The van der Waals surface area contributed by atoms with E-state index in [1.165, 1.54) is 0 Å². The van der Waals surface area contributed by atoms with Crippen LogP contribution in [-0.2, 0) is 16.3 Å². The topological polar surface area (TPSA) is 67.3 Å². The summed E-state index contributed by atoms with van der Waals surface area (Å²) in [7, 11) is -5.09. The monoisotopic (exact) mass is 327 g/mol. The quantitative estimate of drug-likeness (QED) is 0.666. The van der Waals surface area contributed by atoms with Crippen LogP contribution in [0.5, 0.6) is 0 Å². The van der Waals surface area contributed by atoms with Crippen LogP contribution in [0.3, 0.4) is 0 Å². The van der Waals surface area contributed by atoms with Crippen molar-refractivity contribution in [2.45, 2.75) is 49.1 Å². The molecule has 0 aliphatic heterocycles. The van der Waals surface area contributed by atoms with Gasteiger partial charge in [-0.2, -0.15) is 21.6 Å². The van der Waals surface area contributed by atoms with Gasteiger partial charge in [-0.05, 0) is 18.9 Å². The van der Waals surface area contributed by atoms with Crippen molar-refractivity contribution in [3.05, 3.63) is 23.3 Å². The predicted octanol–water partition coefficient (Wildman–Crippen LogP) is 3.53. The summed E-state index contributed by atoms with van der Waals surface area (Å²) in [6.45, 7) is 0. The zero-order valence-corrected chi connectivity index (χ0v) is 11.6. The smallest absolute Gasteiger partial charge is 0.282 e. The summed E-state index contributed by atoms with van der Waals surface area (Å²) in [5.41, 5.74) is -2.05. The van der Waals surface area contributed by atoms with Crippen molar-refractivity contribution >= 4 is 10.1 Å². The zero-order chi connectivity index (χ0) is 15.8. The minimum absolute atomic E-state index is 0.0248. The molecule has 21 heavy (non-hydrogen) atoms. The van der Waals surface area contributed by atoms with Crippen LogP contribution < -0.4 is 0 Å². The second kappa shape index (κ2) is 5.53. The molecule has 1 saturated carbocycles. The van der Waals surface area contributed by atoms with Gasteiger partial charge in [-0.15, -0.1) is 0 Å². The lowest BCUT2D eigenvalue weighted by Gasteiger charge is -2.23. The number of hydrogen-bond acceptors (Lipinski definition) is 3. The number of pyridine rings is 1. The molecule has 118 valence electrons. The Balaban J connectivity index is 2.63. The largest absolute Gasteiger partial charge is 0.433 e. The Labute approximate surface area is 118 Å². The van der Waals surface area contributed by atoms with Gasteiger partial charge in [0.2, 0.25) is 0 Å². The zero-order valence-electron chi connectivity index (χ0n) is 10.8. The SMILES string of the molecule is O=S(=O)(O)c1cc(C(F)(F)F)nc(C2CCCCC2)c1F. The molecule has 0 radical (unpaired) electrons. The molecule has 1 aliphatic carbocycles. The Hall–Kier alpha value is -1.22. The molecule has 9 heteroatoms. The highest BCUT2D eigenvalue weighted by Crippen LogP contribution is 2.37. The summed E-state index contributed by atoms with van der Waals surface area (Å²) < 4.78 is 83.6. The van der Waals surface area contributed by atoms with Gasteiger partial charge in [0.05, 0.1) is 5.69 Å². The first-order chi connectivity index (χ1) is 9.60. The van der Waals surface area contributed by atoms with Crippen LogP contribution in [-0.4, -0.2) is 18.0 Å². The average molecular weight is 327 g/mol. The first-order valence-electron chi connectivity index (χ1n) is 6.36. The van der Waals surface area contributed by atoms with Crippen LogP contribution in [0, 0.1) is 5.82 Å². The summed E-state index contributed by atoms with van der Waals surface area (Å²) in [4.78, 5) is 1.90. The van der Waals surface area contributed by atoms with Crippen LogP contribution in [0.25, 0.3) is 0 Å². The summed E-state index contributed by atoms with van der Waals surface area (Å²) in [6.07, 6.45) is -1.72. The minimum atomic E-state index is -5.09. The van der Waals surface area contributed by atoms with E-state index in [-0.39, 0.29) is 6.07 Å². The fourth-order valence-corrected chi connectivity index (χ4v) is 3.10. The van der Waals surface area contributed by atoms with Crippen molar-refractivity contribution in [2.24, 2.45) is 0 Å². The van der Waals surface area contributed by atoms with E-state index in [1.54, 1.807) is 0 Å². The lowest BCUT2D eigenvalue weighted by Crippen LogP contribution is -2.18. The fraction of sp³-hybridized carbons (Fsp3) is 0.583. The van der Waals surface area contributed by atoms with Crippen molar-refractivity contribution in [3.63, 3.8) is 0 Å². The Morgan fingerprint density at radius 3 is 2.24 bits per heavy atom. The molecular weight excluding hydrogens is 314 g/mol. The molecule has 1 aliphatic rings. The van der Waals surface area contributed by atoms with Gasteiger partial charge < -0.3 is 0 Å². The minimum Gasteiger partial charge on any atom is -0.282 e. The lowest BCUT2D eigenvalue weighted by atomic mass is 9.86. The first-order valence-corrected chi connectivity index (χ1v) is 7.80.